The molecule has 0 radical (unpaired) electrons. The van der Waals surface area contributed by atoms with Crippen molar-refractivity contribution >= 4 is 50.2 Å². The number of nitrogens with zero attached hydrogens (tertiary/aromatic N) is 2. The van der Waals surface area contributed by atoms with Crippen LogP contribution in [0.5, 0.6) is 5.75 Å². The number of Topliss-reactive ketones (excluding diaryl/α,β-unsaturated/α-hetero) is 1. The number of primary sulfonamides is 1. The third-order valence-electron chi connectivity index (χ3n) is 5.01. The van der Waals surface area contributed by atoms with Gasteiger partial charge in [0.05, 0.1) is 26.9 Å². The minimum atomic E-state index is -3.84. The van der Waals surface area contributed by atoms with Crippen LogP contribution >= 0.6 is 11.8 Å². The van der Waals surface area contributed by atoms with Gasteiger partial charge in [-0.05, 0) is 49.7 Å². The summed E-state index contributed by atoms with van der Waals surface area (Å²) < 4.78 is 30.7. The molecule has 2 aromatic carbocycles. The van der Waals surface area contributed by atoms with Crippen molar-refractivity contribution in [3.63, 3.8) is 0 Å². The number of nitrogens with one attached hydrogen (secondary N) is 1. The molecule has 2 heterocycles. The van der Waals surface area contributed by atoms with Crippen molar-refractivity contribution in [3.05, 3.63) is 42.0 Å². The van der Waals surface area contributed by atoms with Gasteiger partial charge < -0.3 is 14.6 Å². The van der Waals surface area contributed by atoms with Crippen molar-refractivity contribution in [2.24, 2.45) is 5.14 Å². The maximum atomic E-state index is 13.1. The molecular weight excluding hydrogens is 452 g/mol. The molecule has 4 rings (SSSR count). The third-order valence-corrected chi connectivity index (χ3v) is 7.01. The molecule has 1 unspecified atom stereocenters. The molecule has 9 nitrogen and oxygen atoms in total. The zero-order valence-corrected chi connectivity index (χ0v) is 19.1. The van der Waals surface area contributed by atoms with Gasteiger partial charge in [-0.2, -0.15) is 0 Å². The van der Waals surface area contributed by atoms with E-state index in [-0.39, 0.29) is 23.2 Å². The summed E-state index contributed by atoms with van der Waals surface area (Å²) in [6, 6.07) is 9.53. The minimum absolute atomic E-state index is 0.00912. The largest absolute Gasteiger partial charge is 0.482 e. The summed E-state index contributed by atoms with van der Waals surface area (Å²) in [4.78, 5) is 29.2. The number of ether oxygens (including phenoxy) is 1. The number of sulfonamides is 1. The molecule has 0 spiro atoms. The van der Waals surface area contributed by atoms with Gasteiger partial charge in [-0.15, -0.1) is 0 Å². The number of thioether (sulfide) groups is 1. The third kappa shape index (κ3) is 4.36. The highest BCUT2D eigenvalue weighted by atomic mass is 32.2. The molecule has 0 bridgehead atoms. The van der Waals surface area contributed by atoms with Crippen molar-refractivity contribution in [2.75, 3.05) is 11.9 Å². The minimum Gasteiger partial charge on any atom is -0.482 e. The molecule has 0 aliphatic carbocycles. The molecule has 32 heavy (non-hydrogen) atoms. The van der Waals surface area contributed by atoms with Crippen LogP contribution in [-0.2, 0) is 21.4 Å². The normalized spacial score (nSPS) is 14.5. The Labute approximate surface area is 189 Å². The van der Waals surface area contributed by atoms with Crippen molar-refractivity contribution in [1.29, 1.82) is 0 Å². The van der Waals surface area contributed by atoms with Crippen molar-refractivity contribution in [3.8, 4) is 5.75 Å². The number of fused-ring (bicyclic) bond motifs is 2. The molecule has 1 amide bonds. The molecule has 1 aliphatic heterocycles. The number of carbonyl (C=O) groups is 2. The lowest BCUT2D eigenvalue weighted by molar-refractivity contribution is -0.118. The first-order chi connectivity index (χ1) is 15.2. The highest BCUT2D eigenvalue weighted by Crippen LogP contribution is 2.33. The molecule has 0 saturated heterocycles. The van der Waals surface area contributed by atoms with Crippen LogP contribution in [0.4, 0.5) is 5.69 Å². The lowest BCUT2D eigenvalue weighted by Gasteiger charge is -2.19. The number of aromatic nitrogens is 2. The van der Waals surface area contributed by atoms with Crippen LogP contribution in [0.3, 0.4) is 0 Å². The molecule has 11 heteroatoms. The van der Waals surface area contributed by atoms with Crippen molar-refractivity contribution in [2.45, 2.75) is 42.1 Å². The molecule has 1 atom stereocenters. The van der Waals surface area contributed by atoms with E-state index in [1.165, 1.54) is 23.9 Å². The van der Waals surface area contributed by atoms with Gasteiger partial charge >= 0.3 is 0 Å². The first kappa shape index (κ1) is 22.3. The van der Waals surface area contributed by atoms with Crippen LogP contribution in [0, 0.1) is 0 Å². The number of anilines is 1. The van der Waals surface area contributed by atoms with Gasteiger partial charge in [0.2, 0.25) is 10.0 Å². The number of aryl methyl sites for hydroxylation is 1. The number of benzene rings is 2. The van der Waals surface area contributed by atoms with Gasteiger partial charge in [0.1, 0.15) is 5.75 Å². The Kier molecular flexibility index (Phi) is 5.97. The molecule has 0 saturated carbocycles. The first-order valence-corrected chi connectivity index (χ1v) is 12.4. The van der Waals surface area contributed by atoms with Crippen LogP contribution in [0.2, 0.25) is 0 Å². The number of nitrogens with two attached hydrogens (primary N) is 1. The van der Waals surface area contributed by atoms with E-state index in [9.17, 15) is 18.0 Å². The van der Waals surface area contributed by atoms with Crippen LogP contribution in [0.25, 0.3) is 11.0 Å². The highest BCUT2D eigenvalue weighted by Gasteiger charge is 2.24. The number of hydrogen-bond donors (Lipinski definition) is 2. The Hall–Kier alpha value is -2.89. The molecule has 168 valence electrons. The Morgan fingerprint density at radius 2 is 2.09 bits per heavy atom. The number of imidazole rings is 1. The van der Waals surface area contributed by atoms with Crippen LogP contribution < -0.4 is 15.2 Å². The lowest BCUT2D eigenvalue weighted by atomic mass is 10.1. The van der Waals surface area contributed by atoms with Gasteiger partial charge in [-0.25, -0.2) is 18.5 Å². The van der Waals surface area contributed by atoms with Crippen LogP contribution in [0.1, 0.15) is 30.6 Å². The average Bonchev–Trinajstić information content (AvgIpc) is 3.08. The lowest BCUT2D eigenvalue weighted by Crippen LogP contribution is -2.25. The number of ketones is 1. The Balaban J connectivity index is 1.63. The zero-order valence-electron chi connectivity index (χ0n) is 17.5. The Bertz CT molecular complexity index is 1330. The van der Waals surface area contributed by atoms with Crippen LogP contribution in [-0.4, -0.2) is 41.5 Å². The van der Waals surface area contributed by atoms with E-state index in [0.29, 0.717) is 34.2 Å². The van der Waals surface area contributed by atoms with Gasteiger partial charge in [0.15, 0.2) is 17.5 Å². The molecule has 1 aliphatic rings. The summed E-state index contributed by atoms with van der Waals surface area (Å²) in [5.41, 5.74) is 2.19. The second kappa shape index (κ2) is 8.57. The van der Waals surface area contributed by atoms with Crippen LogP contribution in [0.15, 0.2) is 46.5 Å². The summed E-state index contributed by atoms with van der Waals surface area (Å²) in [6.45, 7) is 4.42. The topological polar surface area (TPSA) is 133 Å². The number of amides is 1. The SMILES string of the molecule is CCCn1c(SC(C)C(=O)c2ccc3c(c2)NC(=O)CO3)nc2cc(S(N)(=O)=O)ccc21. The fraction of sp³-hybridized carbons (Fsp3) is 0.286. The zero-order chi connectivity index (χ0) is 23.0. The predicted octanol–water partition coefficient (Wildman–Crippen LogP) is 2.79. The second-order valence-electron chi connectivity index (χ2n) is 7.41. The van der Waals surface area contributed by atoms with Gasteiger partial charge in [0, 0.05) is 12.1 Å². The average molecular weight is 475 g/mol. The first-order valence-electron chi connectivity index (χ1n) is 9.98. The second-order valence-corrected chi connectivity index (χ2v) is 10.3. The fourth-order valence-corrected chi connectivity index (χ4v) is 5.04. The predicted molar refractivity (Wildman–Crippen MR) is 122 cm³/mol. The number of rotatable bonds is 7. The number of carbonyl (C=O) groups excluding carboxylic acids is 2. The van der Waals surface area contributed by atoms with E-state index in [2.05, 4.69) is 10.3 Å². The van der Waals surface area contributed by atoms with E-state index in [4.69, 9.17) is 9.88 Å². The molecule has 3 N–H and O–H groups in total. The van der Waals surface area contributed by atoms with E-state index in [1.54, 1.807) is 31.2 Å². The van der Waals surface area contributed by atoms with E-state index < -0.39 is 15.3 Å². The maximum absolute atomic E-state index is 13.1. The van der Waals surface area contributed by atoms with E-state index in [1.807, 2.05) is 11.5 Å². The van der Waals surface area contributed by atoms with Crippen molar-refractivity contribution < 1.29 is 22.7 Å². The summed E-state index contributed by atoms with van der Waals surface area (Å²) in [7, 11) is -3.84. The summed E-state index contributed by atoms with van der Waals surface area (Å²) in [6.07, 6.45) is 0.836. The molecular formula is C21H22N4O5S2. The van der Waals surface area contributed by atoms with E-state index >= 15 is 0 Å². The van der Waals surface area contributed by atoms with Gasteiger partial charge in [0.25, 0.3) is 5.91 Å². The molecule has 3 aromatic rings. The highest BCUT2D eigenvalue weighted by molar-refractivity contribution is 8.00. The molecule has 1 aromatic heterocycles. The fourth-order valence-electron chi connectivity index (χ4n) is 3.48. The number of hydrogen-bond acceptors (Lipinski definition) is 7. The monoisotopic (exact) mass is 474 g/mol. The van der Waals surface area contributed by atoms with Gasteiger partial charge in [-0.1, -0.05) is 18.7 Å². The Morgan fingerprint density at radius 1 is 1.31 bits per heavy atom. The summed E-state index contributed by atoms with van der Waals surface area (Å²) in [5.74, 6) is 0.131. The summed E-state index contributed by atoms with van der Waals surface area (Å²) >= 11 is 1.29. The van der Waals surface area contributed by atoms with Crippen molar-refractivity contribution in [1.82, 2.24) is 9.55 Å². The standard InChI is InChI=1S/C21H22N4O5S2/c1-3-8-25-17-6-5-14(32(22,28)29)10-15(17)24-21(25)31-12(2)20(27)13-4-7-18-16(9-13)23-19(26)11-30-18/h4-7,9-10,12H,3,8,11H2,1-2H3,(H,23,26)(H2,22,28,29). The Morgan fingerprint density at radius 3 is 2.81 bits per heavy atom. The quantitative estimate of drug-likeness (QED) is 0.397. The smallest absolute Gasteiger partial charge is 0.262 e. The molecule has 0 fully saturated rings. The van der Waals surface area contributed by atoms with Gasteiger partial charge in [-0.3, -0.25) is 9.59 Å². The van der Waals surface area contributed by atoms with E-state index in [0.717, 1.165) is 11.9 Å². The maximum Gasteiger partial charge on any atom is 0.262 e. The summed E-state index contributed by atoms with van der Waals surface area (Å²) in [5, 5.41) is 8.09.